The minimum atomic E-state index is -3.41. The average molecular weight is 347 g/mol. The normalized spacial score (nSPS) is 14.3. The van der Waals surface area contributed by atoms with Crippen molar-refractivity contribution in [3.63, 3.8) is 0 Å². The maximum absolute atomic E-state index is 11.8. The van der Waals surface area contributed by atoms with Crippen LogP contribution in [0.5, 0.6) is 0 Å². The number of alkyl halides is 1. The van der Waals surface area contributed by atoms with Gasteiger partial charge in [0, 0.05) is 11.4 Å². The zero-order chi connectivity index (χ0) is 12.3. The summed E-state index contributed by atoms with van der Waals surface area (Å²) in [6.07, 6.45) is 0. The van der Waals surface area contributed by atoms with Gasteiger partial charge in [-0.15, -0.1) is 11.3 Å². The van der Waals surface area contributed by atoms with Gasteiger partial charge in [-0.2, -0.15) is 0 Å². The summed E-state index contributed by atoms with van der Waals surface area (Å²) in [6.45, 7) is 4.42. The fourth-order valence-electron chi connectivity index (χ4n) is 0.938. The first kappa shape index (κ1) is 14.4. The van der Waals surface area contributed by atoms with Crippen molar-refractivity contribution in [3.05, 3.63) is 16.5 Å². The molecule has 0 bridgehead atoms. The summed E-state index contributed by atoms with van der Waals surface area (Å²) in [5.74, 6) is 0.370. The SMILES string of the molecule is CC(C)C(Br)CNS(=O)(=O)c1ccc(Cl)s1. The van der Waals surface area contributed by atoms with Crippen LogP contribution >= 0.6 is 38.9 Å². The van der Waals surface area contributed by atoms with E-state index in [1.165, 1.54) is 6.07 Å². The quantitative estimate of drug-likeness (QED) is 0.833. The standard InChI is InChI=1S/C9H13BrClNO2S2/c1-6(2)7(10)5-12-16(13,14)9-4-3-8(11)15-9/h3-4,6-7,12H,5H2,1-2H3. The van der Waals surface area contributed by atoms with Crippen LogP contribution in [0.25, 0.3) is 0 Å². The van der Waals surface area contributed by atoms with E-state index in [-0.39, 0.29) is 9.04 Å². The zero-order valence-corrected chi connectivity index (χ0v) is 12.9. The smallest absolute Gasteiger partial charge is 0.209 e. The molecule has 7 heteroatoms. The molecule has 1 aromatic heterocycles. The molecule has 0 fully saturated rings. The molecule has 0 spiro atoms. The summed E-state index contributed by atoms with van der Waals surface area (Å²) in [6, 6.07) is 3.09. The first-order valence-electron chi connectivity index (χ1n) is 4.72. The van der Waals surface area contributed by atoms with Gasteiger partial charge in [0.05, 0.1) is 4.34 Å². The Morgan fingerprint density at radius 2 is 2.12 bits per heavy atom. The van der Waals surface area contributed by atoms with Crippen molar-refractivity contribution >= 4 is 48.9 Å². The van der Waals surface area contributed by atoms with E-state index in [1.54, 1.807) is 6.07 Å². The highest BCUT2D eigenvalue weighted by Gasteiger charge is 2.18. The maximum atomic E-state index is 11.8. The van der Waals surface area contributed by atoms with Gasteiger partial charge in [0.1, 0.15) is 4.21 Å². The first-order valence-corrected chi connectivity index (χ1v) is 8.31. The second-order valence-electron chi connectivity index (χ2n) is 3.67. The van der Waals surface area contributed by atoms with E-state index in [0.29, 0.717) is 16.8 Å². The highest BCUT2D eigenvalue weighted by Crippen LogP contribution is 2.25. The third-order valence-corrected chi connectivity index (χ3v) is 6.53. The third kappa shape index (κ3) is 4.00. The summed E-state index contributed by atoms with van der Waals surface area (Å²) in [7, 11) is -3.41. The molecule has 16 heavy (non-hydrogen) atoms. The van der Waals surface area contributed by atoms with Gasteiger partial charge in [0.25, 0.3) is 0 Å². The molecule has 1 atom stereocenters. The van der Waals surface area contributed by atoms with E-state index in [0.717, 1.165) is 11.3 Å². The summed E-state index contributed by atoms with van der Waals surface area (Å²) in [4.78, 5) is 0.123. The van der Waals surface area contributed by atoms with Crippen molar-refractivity contribution in [1.82, 2.24) is 4.72 Å². The van der Waals surface area contributed by atoms with E-state index in [2.05, 4.69) is 20.7 Å². The molecule has 3 nitrogen and oxygen atoms in total. The molecule has 0 saturated carbocycles. The lowest BCUT2D eigenvalue weighted by Gasteiger charge is -2.13. The molecule has 1 unspecified atom stereocenters. The van der Waals surface area contributed by atoms with Crippen molar-refractivity contribution in [1.29, 1.82) is 0 Å². The van der Waals surface area contributed by atoms with Crippen LogP contribution in [0.1, 0.15) is 13.8 Å². The Hall–Kier alpha value is 0.380. The fourth-order valence-corrected chi connectivity index (χ4v) is 3.90. The maximum Gasteiger partial charge on any atom is 0.250 e. The van der Waals surface area contributed by atoms with Gasteiger partial charge in [0.15, 0.2) is 0 Å². The molecular weight excluding hydrogens is 334 g/mol. The van der Waals surface area contributed by atoms with Crippen LogP contribution in [-0.4, -0.2) is 19.8 Å². The Balaban J connectivity index is 2.67. The minimum Gasteiger partial charge on any atom is -0.209 e. The monoisotopic (exact) mass is 345 g/mol. The number of rotatable bonds is 5. The lowest BCUT2D eigenvalue weighted by molar-refractivity contribution is 0.564. The van der Waals surface area contributed by atoms with Crippen LogP contribution in [0.2, 0.25) is 4.34 Å². The van der Waals surface area contributed by atoms with Crippen LogP contribution in [-0.2, 0) is 10.0 Å². The van der Waals surface area contributed by atoms with Gasteiger partial charge in [-0.05, 0) is 18.1 Å². The summed E-state index contributed by atoms with van der Waals surface area (Å²) in [5, 5.41) is 0. The average Bonchev–Trinajstić information content (AvgIpc) is 2.61. The molecular formula is C9H13BrClNO2S2. The zero-order valence-electron chi connectivity index (χ0n) is 8.91. The topological polar surface area (TPSA) is 46.2 Å². The lowest BCUT2D eigenvalue weighted by atomic mass is 10.1. The van der Waals surface area contributed by atoms with E-state index in [9.17, 15) is 8.42 Å². The molecule has 0 amide bonds. The van der Waals surface area contributed by atoms with Gasteiger partial charge in [0.2, 0.25) is 10.0 Å². The van der Waals surface area contributed by atoms with Crippen molar-refractivity contribution in [2.75, 3.05) is 6.54 Å². The predicted octanol–water partition coefficient (Wildman–Crippen LogP) is 3.10. The molecule has 1 aromatic rings. The van der Waals surface area contributed by atoms with E-state index >= 15 is 0 Å². The second kappa shape index (κ2) is 5.82. The van der Waals surface area contributed by atoms with Gasteiger partial charge in [-0.3, -0.25) is 0 Å². The van der Waals surface area contributed by atoms with Crippen molar-refractivity contribution in [2.45, 2.75) is 22.9 Å². The number of halogens is 2. The Bertz CT molecular complexity index is 444. The molecule has 1 rings (SSSR count). The summed E-state index contributed by atoms with van der Waals surface area (Å²) >= 11 is 10.2. The number of thiophene rings is 1. The molecule has 0 radical (unpaired) electrons. The first-order chi connectivity index (χ1) is 7.33. The van der Waals surface area contributed by atoms with Crippen LogP contribution in [0, 0.1) is 5.92 Å². The van der Waals surface area contributed by atoms with Gasteiger partial charge >= 0.3 is 0 Å². The Morgan fingerprint density at radius 1 is 1.50 bits per heavy atom. The summed E-state index contributed by atoms with van der Waals surface area (Å²) in [5.41, 5.74) is 0. The fraction of sp³-hybridized carbons (Fsp3) is 0.556. The molecule has 0 aliphatic heterocycles. The molecule has 1 heterocycles. The van der Waals surface area contributed by atoms with E-state index in [4.69, 9.17) is 11.6 Å². The molecule has 0 saturated heterocycles. The second-order valence-corrected chi connectivity index (χ2v) is 8.56. The molecule has 0 aliphatic rings. The van der Waals surface area contributed by atoms with E-state index in [1.807, 2.05) is 13.8 Å². The largest absolute Gasteiger partial charge is 0.250 e. The summed E-state index contributed by atoms with van der Waals surface area (Å²) < 4.78 is 26.9. The number of hydrogen-bond acceptors (Lipinski definition) is 3. The Morgan fingerprint density at radius 3 is 2.56 bits per heavy atom. The highest BCUT2D eigenvalue weighted by molar-refractivity contribution is 9.09. The van der Waals surface area contributed by atoms with Crippen LogP contribution in [0.15, 0.2) is 16.3 Å². The molecule has 1 N–H and O–H groups in total. The van der Waals surface area contributed by atoms with Gasteiger partial charge in [-0.25, -0.2) is 13.1 Å². The van der Waals surface area contributed by atoms with Crippen LogP contribution < -0.4 is 4.72 Å². The molecule has 92 valence electrons. The number of hydrogen-bond donors (Lipinski definition) is 1. The number of sulfonamides is 1. The Labute approximate surface area is 113 Å². The Kier molecular flexibility index (Phi) is 5.25. The highest BCUT2D eigenvalue weighted by atomic mass is 79.9. The lowest BCUT2D eigenvalue weighted by Crippen LogP contribution is -2.31. The third-order valence-electron chi connectivity index (χ3n) is 2.01. The van der Waals surface area contributed by atoms with Crippen molar-refractivity contribution < 1.29 is 8.42 Å². The van der Waals surface area contributed by atoms with E-state index < -0.39 is 10.0 Å². The van der Waals surface area contributed by atoms with Crippen molar-refractivity contribution in [2.24, 2.45) is 5.92 Å². The molecule has 0 aliphatic carbocycles. The van der Waals surface area contributed by atoms with Crippen LogP contribution in [0.4, 0.5) is 0 Å². The van der Waals surface area contributed by atoms with Gasteiger partial charge < -0.3 is 0 Å². The van der Waals surface area contributed by atoms with Gasteiger partial charge in [-0.1, -0.05) is 41.4 Å². The van der Waals surface area contributed by atoms with Crippen molar-refractivity contribution in [3.8, 4) is 0 Å². The van der Waals surface area contributed by atoms with Crippen LogP contribution in [0.3, 0.4) is 0 Å². The molecule has 0 aromatic carbocycles. The predicted molar refractivity (Wildman–Crippen MR) is 72.1 cm³/mol. The number of nitrogens with one attached hydrogen (secondary N) is 1. The minimum absolute atomic E-state index is 0.123.